The van der Waals surface area contributed by atoms with E-state index in [4.69, 9.17) is 37.9 Å². The summed E-state index contributed by atoms with van der Waals surface area (Å²) in [6.45, 7) is 19.3. The molecule has 0 aromatic carbocycles. The lowest BCUT2D eigenvalue weighted by atomic mass is 9.97. The summed E-state index contributed by atoms with van der Waals surface area (Å²) in [5.41, 5.74) is 9.95. The van der Waals surface area contributed by atoms with Crippen molar-refractivity contribution in [3.63, 3.8) is 0 Å². The van der Waals surface area contributed by atoms with Gasteiger partial charge >= 0.3 is 0 Å². The van der Waals surface area contributed by atoms with Gasteiger partial charge in [0.2, 0.25) is 0 Å². The van der Waals surface area contributed by atoms with Gasteiger partial charge < -0.3 is 37.9 Å². The molecule has 1 aliphatic heterocycles. The van der Waals surface area contributed by atoms with Gasteiger partial charge in [0.05, 0.1) is 31.5 Å². The second kappa shape index (κ2) is 41.0. The van der Waals surface area contributed by atoms with Crippen LogP contribution in [0.3, 0.4) is 0 Å². The van der Waals surface area contributed by atoms with Gasteiger partial charge in [0.25, 0.3) is 0 Å². The molecule has 0 aromatic rings. The molecule has 0 saturated carbocycles. The Balaban J connectivity index is 3.29. The number of ether oxygens (including phenoxy) is 8. The molecule has 1 saturated heterocycles. The molecule has 11 heteroatoms. The quantitative estimate of drug-likeness (QED) is 0.0257. The van der Waals surface area contributed by atoms with Crippen molar-refractivity contribution in [3.8, 4) is 0 Å². The minimum absolute atomic E-state index is 0.0949. The van der Waals surface area contributed by atoms with Crippen LogP contribution in [0.5, 0.6) is 0 Å². The Hall–Kier alpha value is -1.01. The van der Waals surface area contributed by atoms with Gasteiger partial charge in [-0.15, -0.1) is 0 Å². The summed E-state index contributed by atoms with van der Waals surface area (Å²) in [4.78, 5) is 3.34. The maximum Gasteiger partial charge on any atom is 0.186 e. The van der Waals surface area contributed by atoms with Gasteiger partial charge in [0, 0.05) is 44.6 Å². The van der Waals surface area contributed by atoms with Gasteiger partial charge in [0.15, 0.2) is 6.29 Å². The van der Waals surface area contributed by atoms with E-state index < -0.39 is 36.7 Å². The molecule has 1 heterocycles. The van der Waals surface area contributed by atoms with Gasteiger partial charge in [0.1, 0.15) is 24.4 Å². The Morgan fingerprint density at radius 1 is 0.492 bits per heavy atom. The van der Waals surface area contributed by atoms with Crippen LogP contribution in [-0.2, 0) is 37.9 Å². The van der Waals surface area contributed by atoms with E-state index in [1.54, 1.807) is 0 Å². The number of unbranched alkanes of at least 4 members (excludes halogenated alkanes) is 17. The van der Waals surface area contributed by atoms with Crippen molar-refractivity contribution < 1.29 is 37.9 Å². The van der Waals surface area contributed by atoms with Gasteiger partial charge in [-0.1, -0.05) is 169 Å². The topological polar surface area (TPSA) is 123 Å². The van der Waals surface area contributed by atoms with Gasteiger partial charge in [-0.05, 0) is 50.5 Å². The number of azide groups is 1. The van der Waals surface area contributed by atoms with Crippen LogP contribution in [0.1, 0.15) is 209 Å². The Morgan fingerprint density at radius 3 is 1.49 bits per heavy atom. The van der Waals surface area contributed by atoms with Crippen LogP contribution >= 0.6 is 0 Å². The van der Waals surface area contributed by atoms with Crippen LogP contribution in [0.15, 0.2) is 5.11 Å². The maximum absolute atomic E-state index is 9.95. The zero-order chi connectivity index (χ0) is 43.0. The summed E-state index contributed by atoms with van der Waals surface area (Å²) < 4.78 is 52.9. The van der Waals surface area contributed by atoms with E-state index in [2.05, 4.69) is 58.5 Å². The Kier molecular flexibility index (Phi) is 38.9. The molecule has 1 rings (SSSR count). The van der Waals surface area contributed by atoms with Gasteiger partial charge in [-0.3, -0.25) is 0 Å². The largest absolute Gasteiger partial charge is 0.379 e. The summed E-state index contributed by atoms with van der Waals surface area (Å²) in [7, 11) is 0. The summed E-state index contributed by atoms with van der Waals surface area (Å²) in [6.07, 6.45) is 25.0. The lowest BCUT2D eigenvalue weighted by molar-refractivity contribution is -0.325. The molecule has 350 valence electrons. The third-order valence-electron chi connectivity index (χ3n) is 11.3. The van der Waals surface area contributed by atoms with Crippen molar-refractivity contribution in [1.82, 2.24) is 0 Å². The molecule has 0 aliphatic carbocycles. The van der Waals surface area contributed by atoms with Crippen LogP contribution < -0.4 is 0 Å². The Labute approximate surface area is 363 Å². The predicted octanol–water partition coefficient (Wildman–Crippen LogP) is 13.2. The lowest BCUT2D eigenvalue weighted by Gasteiger charge is -2.46. The molecule has 0 bridgehead atoms. The minimum atomic E-state index is -0.784. The molecule has 59 heavy (non-hydrogen) atoms. The highest BCUT2D eigenvalue weighted by Gasteiger charge is 2.49. The van der Waals surface area contributed by atoms with Gasteiger partial charge in [-0.2, -0.15) is 0 Å². The highest BCUT2D eigenvalue weighted by Crippen LogP contribution is 2.31. The van der Waals surface area contributed by atoms with E-state index in [1.807, 2.05) is 0 Å². The number of hydrogen-bond donors (Lipinski definition) is 0. The zero-order valence-corrected chi connectivity index (χ0v) is 39.6. The molecule has 0 radical (unpaired) electrons. The van der Waals surface area contributed by atoms with Crippen molar-refractivity contribution in [1.29, 1.82) is 0 Å². The van der Waals surface area contributed by atoms with E-state index in [1.165, 1.54) is 64.2 Å². The fraction of sp³-hybridized carbons (Fsp3) is 1.00. The number of hydrogen-bond acceptors (Lipinski definition) is 9. The van der Waals surface area contributed by atoms with Crippen LogP contribution in [0.2, 0.25) is 0 Å². The molecule has 0 spiro atoms. The molecule has 0 N–H and O–H groups in total. The predicted molar refractivity (Wildman–Crippen MR) is 242 cm³/mol. The van der Waals surface area contributed by atoms with E-state index in [9.17, 15) is 5.53 Å². The van der Waals surface area contributed by atoms with E-state index >= 15 is 0 Å². The summed E-state index contributed by atoms with van der Waals surface area (Å²) in [5.74, 6) is 0. The normalized spacial score (nSPS) is 21.0. The Bertz CT molecular complexity index is 944. The highest BCUT2D eigenvalue weighted by atomic mass is 16.7. The highest BCUT2D eigenvalue weighted by molar-refractivity contribution is 4.94. The van der Waals surface area contributed by atoms with E-state index in [0.717, 1.165) is 96.3 Å². The third kappa shape index (κ3) is 26.9. The fourth-order valence-corrected chi connectivity index (χ4v) is 7.44. The van der Waals surface area contributed by atoms with E-state index in [0.29, 0.717) is 46.2 Å². The van der Waals surface area contributed by atoms with Crippen LogP contribution in [-0.4, -0.2) is 102 Å². The molecule has 1 aliphatic rings. The fourth-order valence-electron chi connectivity index (χ4n) is 7.44. The van der Waals surface area contributed by atoms with Gasteiger partial charge in [-0.25, -0.2) is 0 Å². The van der Waals surface area contributed by atoms with Crippen molar-refractivity contribution >= 4 is 0 Å². The maximum atomic E-state index is 9.95. The molecule has 11 nitrogen and oxygen atoms in total. The molecule has 1 fully saturated rings. The lowest BCUT2D eigenvalue weighted by Crippen LogP contribution is -2.62. The summed E-state index contributed by atoms with van der Waals surface area (Å²) >= 11 is 0. The first-order valence-electron chi connectivity index (χ1n) is 25.0. The van der Waals surface area contributed by atoms with Crippen molar-refractivity contribution in [2.75, 3.05) is 52.9 Å². The Morgan fingerprint density at radius 2 is 0.949 bits per heavy atom. The zero-order valence-electron chi connectivity index (χ0n) is 39.6. The molecular weight excluding hydrogens is 747 g/mol. The van der Waals surface area contributed by atoms with Crippen molar-refractivity contribution in [3.05, 3.63) is 10.4 Å². The molecule has 0 amide bonds. The average molecular weight is 842 g/mol. The van der Waals surface area contributed by atoms with E-state index in [-0.39, 0.29) is 18.8 Å². The SMILES string of the molecule is CCCCCCCCCCCCCC[C@@H](OCCCC)[C@@H](OCCCC)[C@H](CO[C@H]1OC(COCCCC)[C@H](OCCCC)C(OCCCC)C1OCCCC)N=[N+]=[N-]. The summed E-state index contributed by atoms with van der Waals surface area (Å²) in [5, 5.41) is 4.35. The van der Waals surface area contributed by atoms with Crippen molar-refractivity contribution in [2.45, 2.75) is 258 Å². The molecule has 3 unspecified atom stereocenters. The van der Waals surface area contributed by atoms with Crippen LogP contribution in [0.25, 0.3) is 10.4 Å². The first kappa shape index (κ1) is 56.0. The second-order valence-electron chi connectivity index (χ2n) is 16.8. The third-order valence-corrected chi connectivity index (χ3v) is 11.3. The summed E-state index contributed by atoms with van der Waals surface area (Å²) in [6, 6.07) is -0.627. The van der Waals surface area contributed by atoms with Crippen molar-refractivity contribution in [2.24, 2.45) is 5.11 Å². The number of rotatable bonds is 44. The molecule has 8 atom stereocenters. The monoisotopic (exact) mass is 842 g/mol. The number of nitrogens with zero attached hydrogens (tertiary/aromatic N) is 3. The second-order valence-corrected chi connectivity index (χ2v) is 16.8. The average Bonchev–Trinajstić information content (AvgIpc) is 3.24. The first-order chi connectivity index (χ1) is 29.1. The standard InChI is InChI=1S/C48H95N3O8/c1-8-15-22-23-24-25-26-27-28-29-30-31-32-42(53-34-17-10-3)44(54-35-18-11-4)41(50-51-49)39-58-48-47(57-38-21-14-7)46(56-37-20-13-6)45(55-36-19-12-5)43(59-48)40-52-33-16-9-2/h41-48H,8-40H2,1-7H3/t41-,42+,43?,44-,45-,46?,47?,48-/m0/s1. The minimum Gasteiger partial charge on any atom is -0.379 e. The molecule has 0 aromatic heterocycles. The van der Waals surface area contributed by atoms with Crippen LogP contribution in [0, 0.1) is 0 Å². The smallest absolute Gasteiger partial charge is 0.186 e. The van der Waals surface area contributed by atoms with Crippen LogP contribution in [0.4, 0.5) is 0 Å². The molecular formula is C48H95N3O8. The first-order valence-corrected chi connectivity index (χ1v) is 25.0.